The first-order valence-corrected chi connectivity index (χ1v) is 7.85. The Hall–Kier alpha value is -2.49. The fourth-order valence-electron chi connectivity index (χ4n) is 2.37. The van der Waals surface area contributed by atoms with Crippen molar-refractivity contribution >= 4 is 17.3 Å². The van der Waals surface area contributed by atoms with Crippen molar-refractivity contribution in [2.45, 2.75) is 26.7 Å². The fraction of sp³-hybridized carbons (Fsp3) is 0.316. The summed E-state index contributed by atoms with van der Waals surface area (Å²) in [4.78, 5) is 14.0. The first-order valence-electron chi connectivity index (χ1n) is 7.85. The van der Waals surface area contributed by atoms with Crippen LogP contribution in [0.1, 0.15) is 24.5 Å². The Balaban J connectivity index is 1.96. The van der Waals surface area contributed by atoms with Crippen LogP contribution in [0.5, 0.6) is 5.75 Å². The number of carbonyl (C=O) groups is 1. The molecule has 0 saturated heterocycles. The molecular weight excluding hydrogens is 288 g/mol. The molecule has 2 aromatic rings. The molecule has 2 aromatic carbocycles. The van der Waals surface area contributed by atoms with E-state index in [0.717, 1.165) is 11.3 Å². The van der Waals surface area contributed by atoms with Gasteiger partial charge >= 0.3 is 0 Å². The van der Waals surface area contributed by atoms with Crippen LogP contribution in [-0.2, 0) is 11.2 Å². The zero-order chi connectivity index (χ0) is 16.8. The predicted molar refractivity (Wildman–Crippen MR) is 94.9 cm³/mol. The number of rotatable bonds is 6. The smallest absolute Gasteiger partial charge is 0.227 e. The predicted octanol–water partition coefficient (Wildman–Crippen LogP) is 3.57. The molecule has 0 saturated carbocycles. The van der Waals surface area contributed by atoms with E-state index in [9.17, 15) is 4.79 Å². The van der Waals surface area contributed by atoms with Gasteiger partial charge < -0.3 is 15.4 Å². The summed E-state index contributed by atoms with van der Waals surface area (Å²) in [7, 11) is 1.81. The maximum Gasteiger partial charge on any atom is 0.227 e. The number of amides is 1. The maximum atomic E-state index is 12.3. The summed E-state index contributed by atoms with van der Waals surface area (Å²) in [6.45, 7) is 4.54. The summed E-state index contributed by atoms with van der Waals surface area (Å²) >= 11 is 0. The van der Waals surface area contributed by atoms with Crippen molar-refractivity contribution in [3.05, 3.63) is 53.6 Å². The van der Waals surface area contributed by atoms with E-state index in [1.165, 1.54) is 5.56 Å². The second kappa shape index (κ2) is 7.68. The minimum Gasteiger partial charge on any atom is -0.492 e. The van der Waals surface area contributed by atoms with E-state index in [-0.39, 0.29) is 5.91 Å². The van der Waals surface area contributed by atoms with Crippen LogP contribution >= 0.6 is 0 Å². The van der Waals surface area contributed by atoms with Crippen molar-refractivity contribution < 1.29 is 9.53 Å². The molecule has 0 fully saturated rings. The van der Waals surface area contributed by atoms with E-state index in [4.69, 9.17) is 10.5 Å². The summed E-state index contributed by atoms with van der Waals surface area (Å²) in [6.07, 6.45) is 1.10. The minimum atomic E-state index is 0.0845. The first-order chi connectivity index (χ1) is 11.0. The number of nitrogens with two attached hydrogens (primary N) is 1. The van der Waals surface area contributed by atoms with Gasteiger partial charge in [-0.15, -0.1) is 0 Å². The summed E-state index contributed by atoms with van der Waals surface area (Å²) in [5, 5.41) is 0. The van der Waals surface area contributed by atoms with E-state index in [0.29, 0.717) is 30.9 Å². The van der Waals surface area contributed by atoms with Gasteiger partial charge in [-0.1, -0.05) is 23.8 Å². The number of hydrogen-bond acceptors (Lipinski definition) is 3. The van der Waals surface area contributed by atoms with Gasteiger partial charge in [-0.25, -0.2) is 0 Å². The van der Waals surface area contributed by atoms with E-state index in [1.54, 1.807) is 11.9 Å². The molecule has 0 aliphatic rings. The number of hydrogen-bond donors (Lipinski definition) is 1. The van der Waals surface area contributed by atoms with Crippen molar-refractivity contribution in [2.24, 2.45) is 0 Å². The molecule has 4 nitrogen and oxygen atoms in total. The standard InChI is InChI=1S/C19H24N2O2/c1-4-23-18-11-7-15(13-17(18)20)8-12-19(22)21(3)16-9-5-14(2)6-10-16/h5-7,9-11,13H,4,8,12,20H2,1-3H3. The molecule has 0 aliphatic carbocycles. The zero-order valence-corrected chi connectivity index (χ0v) is 14.0. The molecule has 2 N–H and O–H groups in total. The van der Waals surface area contributed by atoms with Crippen LogP contribution < -0.4 is 15.4 Å². The fourth-order valence-corrected chi connectivity index (χ4v) is 2.37. The lowest BCUT2D eigenvalue weighted by molar-refractivity contribution is -0.118. The molecule has 0 radical (unpaired) electrons. The normalized spacial score (nSPS) is 10.4. The molecule has 122 valence electrons. The van der Waals surface area contributed by atoms with Crippen molar-refractivity contribution in [2.75, 3.05) is 24.3 Å². The van der Waals surface area contributed by atoms with Crippen LogP contribution in [0.3, 0.4) is 0 Å². The quantitative estimate of drug-likeness (QED) is 0.830. The van der Waals surface area contributed by atoms with Crippen molar-refractivity contribution in [3.8, 4) is 5.75 Å². The lowest BCUT2D eigenvalue weighted by atomic mass is 10.1. The molecule has 0 atom stereocenters. The molecule has 4 heteroatoms. The Labute approximate surface area is 137 Å². The molecule has 0 aromatic heterocycles. The Bertz CT molecular complexity index is 666. The van der Waals surface area contributed by atoms with Gasteiger partial charge in [0.1, 0.15) is 5.75 Å². The van der Waals surface area contributed by atoms with E-state index >= 15 is 0 Å². The molecule has 1 amide bonds. The third-order valence-electron chi connectivity index (χ3n) is 3.80. The third kappa shape index (κ3) is 4.49. The van der Waals surface area contributed by atoms with E-state index < -0.39 is 0 Å². The van der Waals surface area contributed by atoms with Crippen LogP contribution in [0.15, 0.2) is 42.5 Å². The molecule has 23 heavy (non-hydrogen) atoms. The summed E-state index contributed by atoms with van der Waals surface area (Å²) in [5.41, 5.74) is 9.70. The van der Waals surface area contributed by atoms with Gasteiger partial charge in [0, 0.05) is 19.2 Å². The number of benzene rings is 2. The Morgan fingerprint density at radius 3 is 2.48 bits per heavy atom. The molecule has 0 bridgehead atoms. The molecule has 0 spiro atoms. The Morgan fingerprint density at radius 1 is 1.17 bits per heavy atom. The summed E-state index contributed by atoms with van der Waals surface area (Å²) in [5.74, 6) is 0.778. The van der Waals surface area contributed by atoms with Gasteiger partial charge in [0.15, 0.2) is 0 Å². The topological polar surface area (TPSA) is 55.6 Å². The monoisotopic (exact) mass is 312 g/mol. The molecule has 0 heterocycles. The van der Waals surface area contributed by atoms with Gasteiger partial charge in [0.05, 0.1) is 12.3 Å². The average molecular weight is 312 g/mol. The average Bonchev–Trinajstić information content (AvgIpc) is 2.55. The number of nitrogen functional groups attached to an aromatic ring is 1. The number of nitrogens with zero attached hydrogens (tertiary/aromatic N) is 1. The van der Waals surface area contributed by atoms with E-state index in [2.05, 4.69) is 0 Å². The van der Waals surface area contributed by atoms with Gasteiger partial charge in [-0.2, -0.15) is 0 Å². The number of ether oxygens (including phenoxy) is 1. The van der Waals surface area contributed by atoms with E-state index in [1.807, 2.05) is 56.3 Å². The highest BCUT2D eigenvalue weighted by molar-refractivity contribution is 5.92. The number of carbonyl (C=O) groups excluding carboxylic acids is 1. The van der Waals surface area contributed by atoms with Crippen LogP contribution in [0, 0.1) is 6.92 Å². The Morgan fingerprint density at radius 2 is 1.87 bits per heavy atom. The van der Waals surface area contributed by atoms with Crippen LogP contribution in [0.2, 0.25) is 0 Å². The largest absolute Gasteiger partial charge is 0.492 e. The maximum absolute atomic E-state index is 12.3. The number of anilines is 2. The molecule has 2 rings (SSSR count). The summed E-state index contributed by atoms with van der Waals surface area (Å²) < 4.78 is 5.42. The highest BCUT2D eigenvalue weighted by Crippen LogP contribution is 2.23. The number of aryl methyl sites for hydroxylation is 2. The van der Waals surface area contributed by atoms with Gasteiger partial charge in [-0.05, 0) is 50.1 Å². The second-order valence-electron chi connectivity index (χ2n) is 5.59. The first kappa shape index (κ1) is 16.9. The van der Waals surface area contributed by atoms with Crippen LogP contribution in [0.25, 0.3) is 0 Å². The second-order valence-corrected chi connectivity index (χ2v) is 5.59. The van der Waals surface area contributed by atoms with Gasteiger partial charge in [0.25, 0.3) is 0 Å². The van der Waals surface area contributed by atoms with Crippen molar-refractivity contribution in [3.63, 3.8) is 0 Å². The molecule has 0 unspecified atom stereocenters. The van der Waals surface area contributed by atoms with Crippen LogP contribution in [-0.4, -0.2) is 19.6 Å². The highest BCUT2D eigenvalue weighted by Gasteiger charge is 2.11. The molecule has 0 aliphatic heterocycles. The van der Waals surface area contributed by atoms with Crippen molar-refractivity contribution in [1.29, 1.82) is 0 Å². The summed E-state index contributed by atoms with van der Waals surface area (Å²) in [6, 6.07) is 13.6. The van der Waals surface area contributed by atoms with Gasteiger partial charge in [-0.3, -0.25) is 4.79 Å². The SMILES string of the molecule is CCOc1ccc(CCC(=O)N(C)c2ccc(C)cc2)cc1N. The molecular formula is C19H24N2O2. The van der Waals surface area contributed by atoms with Crippen LogP contribution in [0.4, 0.5) is 11.4 Å². The minimum absolute atomic E-state index is 0.0845. The zero-order valence-electron chi connectivity index (χ0n) is 14.0. The highest BCUT2D eigenvalue weighted by atomic mass is 16.5. The lowest BCUT2D eigenvalue weighted by Gasteiger charge is -2.17. The lowest BCUT2D eigenvalue weighted by Crippen LogP contribution is -2.26. The third-order valence-corrected chi connectivity index (χ3v) is 3.80. The Kier molecular flexibility index (Phi) is 5.63. The van der Waals surface area contributed by atoms with Crippen molar-refractivity contribution in [1.82, 2.24) is 0 Å². The van der Waals surface area contributed by atoms with Gasteiger partial charge in [0.2, 0.25) is 5.91 Å².